The number of ether oxygens (including phenoxy) is 1. The van der Waals surface area contributed by atoms with Crippen molar-refractivity contribution in [2.75, 3.05) is 12.3 Å². The minimum absolute atomic E-state index is 0.355. The van der Waals surface area contributed by atoms with E-state index in [1.165, 1.54) is 6.08 Å². The Hall–Kier alpha value is -1.48. The molecule has 0 aliphatic rings. The number of carbonyl (C=O) groups excluding carboxylic acids is 1. The fourth-order valence-corrected chi connectivity index (χ4v) is 1.23. The number of carbonyl (C=O) groups is 1. The molecule has 0 aromatic heterocycles. The SMILES string of the molecule is CCOC(=O)/C=C/c1cccc(Cl)c1N. The first kappa shape index (κ1) is 11.6. The van der Waals surface area contributed by atoms with Crippen molar-refractivity contribution >= 4 is 29.3 Å². The minimum Gasteiger partial charge on any atom is -0.463 e. The molecule has 0 amide bonds. The molecule has 80 valence electrons. The molecule has 3 nitrogen and oxygen atoms in total. The van der Waals surface area contributed by atoms with Gasteiger partial charge < -0.3 is 10.5 Å². The van der Waals surface area contributed by atoms with Gasteiger partial charge in [-0.05, 0) is 24.6 Å². The molecular formula is C11H12ClNO2. The van der Waals surface area contributed by atoms with Crippen LogP contribution in [0.1, 0.15) is 12.5 Å². The predicted molar refractivity (Wildman–Crippen MR) is 61.5 cm³/mol. The van der Waals surface area contributed by atoms with Crippen LogP contribution in [0.2, 0.25) is 5.02 Å². The smallest absolute Gasteiger partial charge is 0.330 e. The number of nitrogens with two attached hydrogens (primary N) is 1. The fourth-order valence-electron chi connectivity index (χ4n) is 1.05. The van der Waals surface area contributed by atoms with Crippen LogP contribution in [0.25, 0.3) is 6.08 Å². The normalized spacial score (nSPS) is 10.5. The zero-order chi connectivity index (χ0) is 11.3. The van der Waals surface area contributed by atoms with Gasteiger partial charge in [0.15, 0.2) is 0 Å². The summed E-state index contributed by atoms with van der Waals surface area (Å²) in [5.74, 6) is -0.392. The van der Waals surface area contributed by atoms with E-state index in [9.17, 15) is 4.79 Å². The van der Waals surface area contributed by atoms with E-state index in [1.807, 2.05) is 0 Å². The highest BCUT2D eigenvalue weighted by Gasteiger charge is 2.00. The van der Waals surface area contributed by atoms with Crippen LogP contribution in [0.4, 0.5) is 5.69 Å². The molecule has 1 rings (SSSR count). The lowest BCUT2D eigenvalue weighted by atomic mass is 10.1. The average molecular weight is 226 g/mol. The van der Waals surface area contributed by atoms with Gasteiger partial charge in [-0.3, -0.25) is 0 Å². The third kappa shape index (κ3) is 3.29. The van der Waals surface area contributed by atoms with Gasteiger partial charge in [0.05, 0.1) is 17.3 Å². The highest BCUT2D eigenvalue weighted by atomic mass is 35.5. The molecule has 2 N–H and O–H groups in total. The molecule has 0 aliphatic carbocycles. The number of hydrogen-bond acceptors (Lipinski definition) is 3. The lowest BCUT2D eigenvalue weighted by molar-refractivity contribution is -0.137. The number of nitrogen functional groups attached to an aromatic ring is 1. The molecule has 0 aliphatic heterocycles. The molecule has 0 heterocycles. The topological polar surface area (TPSA) is 52.3 Å². The first-order valence-corrected chi connectivity index (χ1v) is 4.91. The van der Waals surface area contributed by atoms with Gasteiger partial charge in [-0.2, -0.15) is 0 Å². The van der Waals surface area contributed by atoms with Gasteiger partial charge in [0, 0.05) is 6.08 Å². The Morgan fingerprint density at radius 1 is 1.60 bits per heavy atom. The standard InChI is InChI=1S/C11H12ClNO2/c1-2-15-10(14)7-6-8-4-3-5-9(12)11(8)13/h3-7H,2,13H2,1H3/b7-6+. The van der Waals surface area contributed by atoms with Crippen molar-refractivity contribution in [1.29, 1.82) is 0 Å². The minimum atomic E-state index is -0.392. The summed E-state index contributed by atoms with van der Waals surface area (Å²) in [5.41, 5.74) is 6.87. The lowest BCUT2D eigenvalue weighted by Crippen LogP contribution is -1.99. The quantitative estimate of drug-likeness (QED) is 0.489. The molecule has 0 fully saturated rings. The number of para-hydroxylation sites is 1. The maximum Gasteiger partial charge on any atom is 0.330 e. The average Bonchev–Trinajstić information content (AvgIpc) is 2.21. The second kappa shape index (κ2) is 5.41. The van der Waals surface area contributed by atoms with E-state index in [0.29, 0.717) is 22.9 Å². The van der Waals surface area contributed by atoms with Gasteiger partial charge in [0.2, 0.25) is 0 Å². The van der Waals surface area contributed by atoms with E-state index in [1.54, 1.807) is 31.2 Å². The summed E-state index contributed by atoms with van der Waals surface area (Å²) < 4.78 is 4.73. The summed E-state index contributed by atoms with van der Waals surface area (Å²) in [6.07, 6.45) is 2.91. The van der Waals surface area contributed by atoms with Crippen molar-refractivity contribution in [2.24, 2.45) is 0 Å². The Labute approximate surface area is 93.5 Å². The second-order valence-corrected chi connectivity index (χ2v) is 3.24. The molecule has 0 radical (unpaired) electrons. The first-order valence-electron chi connectivity index (χ1n) is 4.54. The van der Waals surface area contributed by atoms with E-state index in [0.717, 1.165) is 0 Å². The molecule has 1 aromatic rings. The summed E-state index contributed by atoms with van der Waals surface area (Å²) >= 11 is 5.82. The van der Waals surface area contributed by atoms with E-state index in [4.69, 9.17) is 22.1 Å². The number of rotatable bonds is 3. The second-order valence-electron chi connectivity index (χ2n) is 2.83. The highest BCUT2D eigenvalue weighted by Crippen LogP contribution is 2.23. The molecule has 4 heteroatoms. The predicted octanol–water partition coefficient (Wildman–Crippen LogP) is 2.50. The van der Waals surface area contributed by atoms with Gasteiger partial charge in [-0.1, -0.05) is 23.7 Å². The number of halogens is 1. The fraction of sp³-hybridized carbons (Fsp3) is 0.182. The van der Waals surface area contributed by atoms with Gasteiger partial charge in [0.25, 0.3) is 0 Å². The third-order valence-electron chi connectivity index (χ3n) is 1.77. The number of hydrogen-bond donors (Lipinski definition) is 1. The molecule has 0 bridgehead atoms. The van der Waals surface area contributed by atoms with E-state index < -0.39 is 5.97 Å². The van der Waals surface area contributed by atoms with Crippen molar-refractivity contribution in [2.45, 2.75) is 6.92 Å². The van der Waals surface area contributed by atoms with Crippen molar-refractivity contribution in [1.82, 2.24) is 0 Å². The lowest BCUT2D eigenvalue weighted by Gasteiger charge is -2.01. The van der Waals surface area contributed by atoms with Crippen LogP contribution in [0, 0.1) is 0 Å². The maximum absolute atomic E-state index is 11.0. The van der Waals surface area contributed by atoms with Crippen molar-refractivity contribution < 1.29 is 9.53 Å². The van der Waals surface area contributed by atoms with Crippen LogP contribution < -0.4 is 5.73 Å². The molecule has 0 saturated heterocycles. The third-order valence-corrected chi connectivity index (χ3v) is 2.10. The Kier molecular flexibility index (Phi) is 4.18. The zero-order valence-electron chi connectivity index (χ0n) is 8.37. The Morgan fingerprint density at radius 2 is 2.33 bits per heavy atom. The summed E-state index contributed by atoms with van der Waals surface area (Å²) in [6, 6.07) is 5.24. The van der Waals surface area contributed by atoms with Crippen LogP contribution in [0.15, 0.2) is 24.3 Å². The molecule has 1 aromatic carbocycles. The molecular weight excluding hydrogens is 214 g/mol. The first-order chi connectivity index (χ1) is 7.15. The van der Waals surface area contributed by atoms with Crippen LogP contribution >= 0.6 is 11.6 Å². The van der Waals surface area contributed by atoms with E-state index >= 15 is 0 Å². The van der Waals surface area contributed by atoms with Crippen molar-refractivity contribution in [3.8, 4) is 0 Å². The Morgan fingerprint density at radius 3 is 3.00 bits per heavy atom. The monoisotopic (exact) mass is 225 g/mol. The van der Waals surface area contributed by atoms with Gasteiger partial charge >= 0.3 is 5.97 Å². The Bertz CT molecular complexity index is 388. The number of benzene rings is 1. The molecule has 15 heavy (non-hydrogen) atoms. The maximum atomic E-state index is 11.0. The molecule has 0 atom stereocenters. The van der Waals surface area contributed by atoms with Crippen LogP contribution in [-0.2, 0) is 9.53 Å². The summed E-state index contributed by atoms with van der Waals surface area (Å²) in [7, 11) is 0. The van der Waals surface area contributed by atoms with Crippen LogP contribution in [-0.4, -0.2) is 12.6 Å². The number of anilines is 1. The zero-order valence-corrected chi connectivity index (χ0v) is 9.12. The molecule has 0 saturated carbocycles. The van der Waals surface area contributed by atoms with E-state index in [-0.39, 0.29) is 0 Å². The van der Waals surface area contributed by atoms with Gasteiger partial charge in [0.1, 0.15) is 0 Å². The summed E-state index contributed by atoms with van der Waals surface area (Å²) in [6.45, 7) is 2.10. The van der Waals surface area contributed by atoms with Gasteiger partial charge in [-0.25, -0.2) is 4.79 Å². The summed E-state index contributed by atoms with van der Waals surface area (Å²) in [4.78, 5) is 11.0. The molecule has 0 spiro atoms. The number of esters is 1. The summed E-state index contributed by atoms with van der Waals surface area (Å²) in [5, 5.41) is 0.473. The van der Waals surface area contributed by atoms with Gasteiger partial charge in [-0.15, -0.1) is 0 Å². The van der Waals surface area contributed by atoms with E-state index in [2.05, 4.69) is 0 Å². The molecule has 0 unspecified atom stereocenters. The highest BCUT2D eigenvalue weighted by molar-refractivity contribution is 6.33. The van der Waals surface area contributed by atoms with Crippen molar-refractivity contribution in [3.05, 3.63) is 34.9 Å². The van der Waals surface area contributed by atoms with Crippen LogP contribution in [0.5, 0.6) is 0 Å². The van der Waals surface area contributed by atoms with Crippen LogP contribution in [0.3, 0.4) is 0 Å². The largest absolute Gasteiger partial charge is 0.463 e. The Balaban J connectivity index is 2.81. The van der Waals surface area contributed by atoms with Crippen molar-refractivity contribution in [3.63, 3.8) is 0 Å².